The van der Waals surface area contributed by atoms with E-state index in [2.05, 4.69) is 0 Å². The van der Waals surface area contributed by atoms with Crippen LogP contribution >= 0.6 is 0 Å². The summed E-state index contributed by atoms with van der Waals surface area (Å²) in [5, 5.41) is 27.9. The van der Waals surface area contributed by atoms with Crippen molar-refractivity contribution in [1.29, 1.82) is 0 Å². The molecule has 1 rings (SSSR count). The molecule has 0 radical (unpaired) electrons. The Morgan fingerprint density at radius 3 is 2.24 bits per heavy atom. The number of aliphatic hydroxyl groups is 3. The SMILES string of the molecule is CC[C@@H](OC[C@@H](O)CN(CCO)CCO)c1ccccc1. The van der Waals surface area contributed by atoms with Gasteiger partial charge in [-0.2, -0.15) is 0 Å². The van der Waals surface area contributed by atoms with E-state index < -0.39 is 6.10 Å². The first-order valence-corrected chi connectivity index (χ1v) is 7.49. The molecule has 0 amide bonds. The van der Waals surface area contributed by atoms with Crippen LogP contribution in [0.3, 0.4) is 0 Å². The smallest absolute Gasteiger partial charge is 0.0900 e. The molecule has 120 valence electrons. The molecule has 1 aromatic carbocycles. The van der Waals surface area contributed by atoms with Gasteiger partial charge in [0.1, 0.15) is 0 Å². The molecule has 5 nitrogen and oxygen atoms in total. The lowest BCUT2D eigenvalue weighted by Crippen LogP contribution is -2.38. The van der Waals surface area contributed by atoms with Crippen molar-refractivity contribution >= 4 is 0 Å². The quantitative estimate of drug-likeness (QED) is 0.563. The number of ether oxygens (including phenoxy) is 1. The van der Waals surface area contributed by atoms with Crippen molar-refractivity contribution in [3.63, 3.8) is 0 Å². The van der Waals surface area contributed by atoms with E-state index in [0.717, 1.165) is 12.0 Å². The first-order valence-electron chi connectivity index (χ1n) is 7.49. The third-order valence-electron chi connectivity index (χ3n) is 3.33. The Bertz CT molecular complexity index is 355. The Labute approximate surface area is 126 Å². The van der Waals surface area contributed by atoms with E-state index in [1.54, 1.807) is 0 Å². The van der Waals surface area contributed by atoms with Gasteiger partial charge in [-0.1, -0.05) is 37.3 Å². The van der Waals surface area contributed by atoms with Crippen LogP contribution in [-0.4, -0.2) is 65.8 Å². The molecule has 0 aromatic heterocycles. The number of rotatable bonds is 11. The summed E-state index contributed by atoms with van der Waals surface area (Å²) in [5.41, 5.74) is 1.11. The molecule has 0 fully saturated rings. The number of nitrogens with zero attached hydrogens (tertiary/aromatic N) is 1. The minimum Gasteiger partial charge on any atom is -0.395 e. The van der Waals surface area contributed by atoms with Gasteiger partial charge in [0.25, 0.3) is 0 Å². The van der Waals surface area contributed by atoms with E-state index in [9.17, 15) is 5.11 Å². The Morgan fingerprint density at radius 2 is 1.71 bits per heavy atom. The van der Waals surface area contributed by atoms with Gasteiger partial charge in [-0.15, -0.1) is 0 Å². The van der Waals surface area contributed by atoms with Crippen LogP contribution < -0.4 is 0 Å². The molecule has 3 N–H and O–H groups in total. The normalized spacial score (nSPS) is 14.3. The molecule has 0 spiro atoms. The van der Waals surface area contributed by atoms with Crippen molar-refractivity contribution in [3.05, 3.63) is 35.9 Å². The summed E-state index contributed by atoms with van der Waals surface area (Å²) in [7, 11) is 0. The van der Waals surface area contributed by atoms with Gasteiger partial charge in [0.15, 0.2) is 0 Å². The van der Waals surface area contributed by atoms with Crippen LogP contribution in [0.5, 0.6) is 0 Å². The fourth-order valence-electron chi connectivity index (χ4n) is 2.27. The highest BCUT2D eigenvalue weighted by atomic mass is 16.5. The molecule has 0 aliphatic carbocycles. The van der Waals surface area contributed by atoms with Crippen LogP contribution in [0.4, 0.5) is 0 Å². The van der Waals surface area contributed by atoms with E-state index in [1.807, 2.05) is 42.2 Å². The minimum absolute atomic E-state index is 0.00910. The fraction of sp³-hybridized carbons (Fsp3) is 0.625. The lowest BCUT2D eigenvalue weighted by Gasteiger charge is -2.25. The Morgan fingerprint density at radius 1 is 1.10 bits per heavy atom. The maximum Gasteiger partial charge on any atom is 0.0900 e. The molecule has 0 heterocycles. The standard InChI is InChI=1S/C16H27NO4/c1-2-16(14-6-4-3-5-7-14)21-13-15(20)12-17(8-10-18)9-11-19/h3-7,15-16,18-20H,2,8-13H2,1H3/t15-,16+/m0/s1. The van der Waals surface area contributed by atoms with Crippen molar-refractivity contribution in [2.45, 2.75) is 25.6 Å². The molecule has 0 saturated carbocycles. The van der Waals surface area contributed by atoms with Gasteiger partial charge < -0.3 is 20.1 Å². The topological polar surface area (TPSA) is 73.2 Å². The van der Waals surface area contributed by atoms with E-state index in [0.29, 0.717) is 19.6 Å². The predicted octanol–water partition coefficient (Wildman–Crippen LogP) is 0.802. The fourth-order valence-corrected chi connectivity index (χ4v) is 2.27. The molecule has 0 bridgehead atoms. The summed E-state index contributed by atoms with van der Waals surface area (Å²) < 4.78 is 5.79. The second kappa shape index (κ2) is 10.7. The molecular weight excluding hydrogens is 270 g/mol. The molecule has 0 saturated heterocycles. The second-order valence-corrected chi connectivity index (χ2v) is 5.04. The minimum atomic E-state index is -0.638. The number of aliphatic hydroxyl groups excluding tert-OH is 3. The zero-order valence-corrected chi connectivity index (χ0v) is 12.7. The van der Waals surface area contributed by atoms with Crippen LogP contribution in [0.15, 0.2) is 30.3 Å². The summed E-state index contributed by atoms with van der Waals surface area (Å²) in [5.74, 6) is 0. The van der Waals surface area contributed by atoms with Crippen LogP contribution in [0.2, 0.25) is 0 Å². The van der Waals surface area contributed by atoms with Crippen molar-refractivity contribution in [2.24, 2.45) is 0 Å². The van der Waals surface area contributed by atoms with E-state index in [1.165, 1.54) is 0 Å². The van der Waals surface area contributed by atoms with Crippen LogP contribution in [0.1, 0.15) is 25.0 Å². The highest BCUT2D eigenvalue weighted by Crippen LogP contribution is 2.20. The van der Waals surface area contributed by atoms with Crippen LogP contribution in [0.25, 0.3) is 0 Å². The van der Waals surface area contributed by atoms with Gasteiger partial charge in [0.2, 0.25) is 0 Å². The van der Waals surface area contributed by atoms with Crippen molar-refractivity contribution in [1.82, 2.24) is 4.90 Å². The third kappa shape index (κ3) is 7.02. The highest BCUT2D eigenvalue weighted by Gasteiger charge is 2.15. The number of hydrogen-bond acceptors (Lipinski definition) is 5. The van der Waals surface area contributed by atoms with Gasteiger partial charge in [-0.25, -0.2) is 0 Å². The van der Waals surface area contributed by atoms with E-state index in [-0.39, 0.29) is 25.9 Å². The summed E-state index contributed by atoms with van der Waals surface area (Å²) in [6.45, 7) is 3.56. The zero-order chi connectivity index (χ0) is 15.5. The predicted molar refractivity (Wildman–Crippen MR) is 82.0 cm³/mol. The zero-order valence-electron chi connectivity index (χ0n) is 12.7. The van der Waals surface area contributed by atoms with Gasteiger partial charge in [-0.05, 0) is 12.0 Å². The van der Waals surface area contributed by atoms with Gasteiger partial charge >= 0.3 is 0 Å². The summed E-state index contributed by atoms with van der Waals surface area (Å²) in [4.78, 5) is 1.82. The molecule has 0 unspecified atom stereocenters. The van der Waals surface area contributed by atoms with Gasteiger partial charge in [-0.3, -0.25) is 4.90 Å². The average Bonchev–Trinajstić information content (AvgIpc) is 2.49. The first-order chi connectivity index (χ1) is 10.2. The maximum atomic E-state index is 10.0. The largest absolute Gasteiger partial charge is 0.395 e. The molecule has 21 heavy (non-hydrogen) atoms. The lowest BCUT2D eigenvalue weighted by molar-refractivity contribution is -0.0260. The lowest BCUT2D eigenvalue weighted by atomic mass is 10.1. The van der Waals surface area contributed by atoms with Gasteiger partial charge in [0.05, 0.1) is 32.0 Å². The van der Waals surface area contributed by atoms with E-state index >= 15 is 0 Å². The highest BCUT2D eigenvalue weighted by molar-refractivity contribution is 5.17. The molecule has 5 heteroatoms. The third-order valence-corrected chi connectivity index (χ3v) is 3.33. The summed E-state index contributed by atoms with van der Waals surface area (Å²) in [6, 6.07) is 9.95. The number of benzene rings is 1. The molecule has 0 aliphatic rings. The van der Waals surface area contributed by atoms with Crippen molar-refractivity contribution in [2.75, 3.05) is 39.5 Å². The molecule has 1 aromatic rings. The second-order valence-electron chi connectivity index (χ2n) is 5.04. The molecule has 0 aliphatic heterocycles. The Kier molecular flexibility index (Phi) is 9.21. The molecular formula is C16H27NO4. The Balaban J connectivity index is 2.41. The first kappa shape index (κ1) is 18.1. The monoisotopic (exact) mass is 297 g/mol. The van der Waals surface area contributed by atoms with E-state index in [4.69, 9.17) is 14.9 Å². The Hall–Kier alpha value is -0.980. The van der Waals surface area contributed by atoms with Crippen molar-refractivity contribution in [3.8, 4) is 0 Å². The van der Waals surface area contributed by atoms with Gasteiger partial charge in [0, 0.05) is 19.6 Å². The van der Waals surface area contributed by atoms with Crippen molar-refractivity contribution < 1.29 is 20.1 Å². The van der Waals surface area contributed by atoms with Crippen LogP contribution in [0, 0.1) is 0 Å². The summed E-state index contributed by atoms with van der Waals surface area (Å²) in [6.07, 6.45) is 0.180. The average molecular weight is 297 g/mol. The van der Waals surface area contributed by atoms with Crippen LogP contribution in [-0.2, 0) is 4.74 Å². The maximum absolute atomic E-state index is 10.0. The summed E-state index contributed by atoms with van der Waals surface area (Å²) >= 11 is 0. The molecule has 2 atom stereocenters. The number of hydrogen-bond donors (Lipinski definition) is 3.